The molecule has 0 aliphatic rings. The van der Waals surface area contributed by atoms with Crippen LogP contribution in [-0.2, 0) is 17.5 Å². The van der Waals surface area contributed by atoms with Gasteiger partial charge in [-0.2, -0.15) is 13.2 Å². The number of hydrogen-bond acceptors (Lipinski definition) is 6. The van der Waals surface area contributed by atoms with E-state index in [0.717, 1.165) is 6.07 Å². The van der Waals surface area contributed by atoms with Gasteiger partial charge >= 0.3 is 12.1 Å². The van der Waals surface area contributed by atoms with Gasteiger partial charge in [0.05, 0.1) is 18.1 Å². The third kappa shape index (κ3) is 5.11. The fraction of sp³-hybridized carbons (Fsp3) is 0.120. The van der Waals surface area contributed by atoms with Crippen molar-refractivity contribution >= 4 is 16.9 Å². The van der Waals surface area contributed by atoms with Crippen LogP contribution < -0.4 is 14.9 Å². The molecule has 0 spiro atoms. The lowest BCUT2D eigenvalue weighted by Gasteiger charge is -2.14. The van der Waals surface area contributed by atoms with Gasteiger partial charge in [-0.3, -0.25) is 4.79 Å². The van der Waals surface area contributed by atoms with Gasteiger partial charge in [-0.25, -0.2) is 9.18 Å². The Kier molecular flexibility index (Phi) is 6.46. The molecule has 0 saturated carbocycles. The number of halogens is 4. The highest BCUT2D eigenvalue weighted by molar-refractivity contribution is 5.89. The molecule has 0 N–H and O–H groups in total. The van der Waals surface area contributed by atoms with Gasteiger partial charge in [0.25, 0.3) is 5.76 Å². The highest BCUT2D eigenvalue weighted by Gasteiger charge is 2.40. The van der Waals surface area contributed by atoms with Gasteiger partial charge in [-0.15, -0.1) is 0 Å². The average Bonchev–Trinajstić information content (AvgIpc) is 2.84. The first-order valence-electron chi connectivity index (χ1n) is 10.1. The third-order valence-corrected chi connectivity index (χ3v) is 4.93. The number of alkyl halides is 3. The zero-order valence-corrected chi connectivity index (χ0v) is 18.0. The quantitative estimate of drug-likeness (QED) is 0.241. The van der Waals surface area contributed by atoms with E-state index in [2.05, 4.69) is 4.74 Å². The smallest absolute Gasteiger partial charge is 0.453 e. The molecule has 180 valence electrons. The number of methoxy groups -OCH3 is 1. The summed E-state index contributed by atoms with van der Waals surface area (Å²) in [6, 6.07) is 14.5. The SMILES string of the molecule is COC(=O)c1ccc(Oc2c(C(F)(F)F)oc3cc(OCc4ccccc4F)ccc3c2=O)cc1. The molecule has 0 amide bonds. The van der Waals surface area contributed by atoms with Gasteiger partial charge < -0.3 is 18.6 Å². The van der Waals surface area contributed by atoms with Crippen LogP contribution >= 0.6 is 0 Å². The Morgan fingerprint density at radius 2 is 1.66 bits per heavy atom. The van der Waals surface area contributed by atoms with Gasteiger partial charge in [-0.05, 0) is 42.5 Å². The van der Waals surface area contributed by atoms with Crippen molar-refractivity contribution < 1.29 is 41.0 Å². The minimum absolute atomic E-state index is 0.0732. The van der Waals surface area contributed by atoms with Crippen LogP contribution in [0.1, 0.15) is 21.7 Å². The van der Waals surface area contributed by atoms with Crippen LogP contribution in [0.5, 0.6) is 17.2 Å². The predicted molar refractivity (Wildman–Crippen MR) is 116 cm³/mol. The maximum Gasteiger partial charge on any atom is 0.453 e. The van der Waals surface area contributed by atoms with Crippen molar-refractivity contribution in [3.63, 3.8) is 0 Å². The Hall–Kier alpha value is -4.34. The molecule has 0 saturated heterocycles. The van der Waals surface area contributed by atoms with Crippen LogP contribution in [0.4, 0.5) is 17.6 Å². The van der Waals surface area contributed by atoms with Crippen molar-refractivity contribution in [2.45, 2.75) is 12.8 Å². The van der Waals surface area contributed by atoms with E-state index in [1.54, 1.807) is 6.07 Å². The van der Waals surface area contributed by atoms with Gasteiger partial charge in [0.2, 0.25) is 11.2 Å². The van der Waals surface area contributed by atoms with Crippen LogP contribution in [0, 0.1) is 5.82 Å². The summed E-state index contributed by atoms with van der Waals surface area (Å²) in [7, 11) is 1.18. The highest BCUT2D eigenvalue weighted by Crippen LogP contribution is 2.38. The average molecular weight is 488 g/mol. The number of fused-ring (bicyclic) bond motifs is 1. The van der Waals surface area contributed by atoms with Gasteiger partial charge in [0, 0.05) is 11.6 Å². The number of carbonyl (C=O) groups excluding carboxylic acids is 1. The Labute approximate surface area is 195 Å². The summed E-state index contributed by atoms with van der Waals surface area (Å²) in [5.41, 5.74) is -1.06. The number of hydrogen-bond donors (Lipinski definition) is 0. The maximum absolute atomic E-state index is 13.8. The number of esters is 1. The summed E-state index contributed by atoms with van der Waals surface area (Å²) in [5, 5.41) is -0.183. The molecular weight excluding hydrogens is 472 g/mol. The first kappa shape index (κ1) is 23.8. The van der Waals surface area contributed by atoms with Crippen molar-refractivity contribution in [1.82, 2.24) is 0 Å². The standard InChI is InChI=1S/C25H16F4O6/c1-32-24(31)14-6-8-16(9-7-14)34-22-21(30)18-11-10-17(12-20(18)35-23(22)25(27,28)29)33-13-15-4-2-3-5-19(15)26/h2-12H,13H2,1H3. The van der Waals surface area contributed by atoms with E-state index in [1.807, 2.05) is 0 Å². The normalized spacial score (nSPS) is 11.3. The zero-order chi connectivity index (χ0) is 25.2. The van der Waals surface area contributed by atoms with Crippen molar-refractivity contribution in [1.29, 1.82) is 0 Å². The Balaban J connectivity index is 1.69. The molecule has 35 heavy (non-hydrogen) atoms. The second kappa shape index (κ2) is 9.49. The van der Waals surface area contributed by atoms with Crippen molar-refractivity contribution in [2.24, 2.45) is 0 Å². The molecule has 1 aromatic heterocycles. The van der Waals surface area contributed by atoms with Crippen LogP contribution in [0.25, 0.3) is 11.0 Å². The molecule has 0 aliphatic carbocycles. The van der Waals surface area contributed by atoms with Gasteiger partial charge in [0.1, 0.15) is 29.5 Å². The molecular formula is C25H16F4O6. The fourth-order valence-corrected chi connectivity index (χ4v) is 3.20. The molecule has 0 fully saturated rings. The molecule has 1 heterocycles. The van der Waals surface area contributed by atoms with Crippen LogP contribution in [0.2, 0.25) is 0 Å². The molecule has 0 bridgehead atoms. The summed E-state index contributed by atoms with van der Waals surface area (Å²) < 4.78 is 75.3. The fourth-order valence-electron chi connectivity index (χ4n) is 3.20. The van der Waals surface area contributed by atoms with E-state index >= 15 is 0 Å². The molecule has 3 aromatic carbocycles. The highest BCUT2D eigenvalue weighted by atomic mass is 19.4. The van der Waals surface area contributed by atoms with E-state index in [9.17, 15) is 27.2 Å². The van der Waals surface area contributed by atoms with Crippen molar-refractivity contribution in [2.75, 3.05) is 7.11 Å². The minimum Gasteiger partial charge on any atom is -0.489 e. The molecule has 4 aromatic rings. The van der Waals surface area contributed by atoms with E-state index in [0.29, 0.717) is 0 Å². The number of benzene rings is 3. The van der Waals surface area contributed by atoms with Gasteiger partial charge in [-0.1, -0.05) is 18.2 Å². The summed E-state index contributed by atoms with van der Waals surface area (Å²) >= 11 is 0. The number of carbonyl (C=O) groups is 1. The second-order valence-corrected chi connectivity index (χ2v) is 7.24. The Morgan fingerprint density at radius 3 is 2.31 bits per heavy atom. The van der Waals surface area contributed by atoms with Crippen molar-refractivity contribution in [3.8, 4) is 17.2 Å². The first-order valence-corrected chi connectivity index (χ1v) is 10.1. The Bertz CT molecular complexity index is 1440. The third-order valence-electron chi connectivity index (χ3n) is 4.93. The minimum atomic E-state index is -5.06. The van der Waals surface area contributed by atoms with E-state index in [4.69, 9.17) is 13.9 Å². The van der Waals surface area contributed by atoms with Crippen LogP contribution in [-0.4, -0.2) is 13.1 Å². The molecule has 6 nitrogen and oxygen atoms in total. The van der Waals surface area contributed by atoms with E-state index < -0.39 is 34.9 Å². The number of rotatable bonds is 6. The van der Waals surface area contributed by atoms with Crippen LogP contribution in [0.3, 0.4) is 0 Å². The molecule has 4 rings (SSSR count). The summed E-state index contributed by atoms with van der Waals surface area (Å²) in [6.45, 7) is -0.183. The predicted octanol–water partition coefficient (Wildman–Crippen LogP) is 6.11. The lowest BCUT2D eigenvalue weighted by molar-refractivity contribution is -0.154. The maximum atomic E-state index is 13.8. The van der Waals surface area contributed by atoms with Crippen molar-refractivity contribution in [3.05, 3.63) is 99.7 Å². The first-order chi connectivity index (χ1) is 16.7. The molecule has 0 atom stereocenters. The van der Waals surface area contributed by atoms with E-state index in [1.165, 1.54) is 61.7 Å². The summed E-state index contributed by atoms with van der Waals surface area (Å²) in [5.74, 6) is -3.90. The van der Waals surface area contributed by atoms with E-state index in [-0.39, 0.29) is 40.2 Å². The lowest BCUT2D eigenvalue weighted by Crippen LogP contribution is -2.15. The van der Waals surface area contributed by atoms with Gasteiger partial charge in [0.15, 0.2) is 0 Å². The number of ether oxygens (including phenoxy) is 3. The summed E-state index contributed by atoms with van der Waals surface area (Å²) in [6.07, 6.45) is -5.06. The zero-order valence-electron chi connectivity index (χ0n) is 18.0. The molecule has 0 aliphatic heterocycles. The lowest BCUT2D eigenvalue weighted by atomic mass is 10.2. The Morgan fingerprint density at radius 1 is 0.971 bits per heavy atom. The summed E-state index contributed by atoms with van der Waals surface area (Å²) in [4.78, 5) is 24.4. The second-order valence-electron chi connectivity index (χ2n) is 7.24. The largest absolute Gasteiger partial charge is 0.489 e. The molecule has 10 heteroatoms. The van der Waals surface area contributed by atoms with Crippen LogP contribution in [0.15, 0.2) is 75.9 Å². The molecule has 0 radical (unpaired) electrons. The topological polar surface area (TPSA) is 75.0 Å². The molecule has 0 unspecified atom stereocenters. The monoisotopic (exact) mass is 488 g/mol.